The Morgan fingerprint density at radius 1 is 1.28 bits per heavy atom. The lowest BCUT2D eigenvalue weighted by Gasteiger charge is -2.09. The minimum Gasteiger partial charge on any atom is -0.485 e. The van der Waals surface area contributed by atoms with Crippen molar-refractivity contribution in [2.75, 3.05) is 0 Å². The van der Waals surface area contributed by atoms with E-state index < -0.39 is 0 Å². The molecule has 0 aliphatic rings. The van der Waals surface area contributed by atoms with E-state index in [9.17, 15) is 4.39 Å². The zero-order valence-electron chi connectivity index (χ0n) is 13.9. The lowest BCUT2D eigenvalue weighted by atomic mass is 10.1. The van der Waals surface area contributed by atoms with E-state index in [1.165, 1.54) is 22.5 Å². The van der Waals surface area contributed by atoms with E-state index in [0.29, 0.717) is 16.2 Å². The first-order chi connectivity index (χ1) is 12.0. The predicted octanol–water partition coefficient (Wildman–Crippen LogP) is 4.16. The molecule has 0 fully saturated rings. The number of nitrogens with one attached hydrogen (secondary N) is 1. The molecule has 1 aromatic heterocycles. The quantitative estimate of drug-likeness (QED) is 0.552. The summed E-state index contributed by atoms with van der Waals surface area (Å²) in [5.74, 6) is 0.913. The fourth-order valence-corrected chi connectivity index (χ4v) is 2.54. The Labute approximate surface area is 149 Å². The van der Waals surface area contributed by atoms with Gasteiger partial charge >= 0.3 is 0 Å². The van der Waals surface area contributed by atoms with Gasteiger partial charge in [0, 0.05) is 5.56 Å². The number of benzene rings is 2. The number of aryl methyl sites for hydroxylation is 2. The monoisotopic (exact) mass is 356 g/mol. The molecule has 3 rings (SSSR count). The molecule has 25 heavy (non-hydrogen) atoms. The number of aromatic amines is 1. The topological polar surface area (TPSA) is 55.2 Å². The van der Waals surface area contributed by atoms with Crippen molar-refractivity contribution in [3.05, 3.63) is 75.6 Å². The SMILES string of the molecule is Cc1ccc(OCc2n[nH]c(=S)n2/N=C\c2ccccc2F)c(C)c1. The van der Waals surface area contributed by atoms with Crippen molar-refractivity contribution in [3.8, 4) is 5.75 Å². The highest BCUT2D eigenvalue weighted by Crippen LogP contribution is 2.19. The van der Waals surface area contributed by atoms with Gasteiger partial charge in [-0.1, -0.05) is 35.9 Å². The van der Waals surface area contributed by atoms with Crippen LogP contribution in [0.5, 0.6) is 5.75 Å². The van der Waals surface area contributed by atoms with Crippen LogP contribution in [-0.2, 0) is 6.61 Å². The van der Waals surface area contributed by atoms with E-state index in [-0.39, 0.29) is 12.4 Å². The van der Waals surface area contributed by atoms with Gasteiger partial charge in [-0.2, -0.15) is 14.9 Å². The van der Waals surface area contributed by atoms with Crippen molar-refractivity contribution in [2.45, 2.75) is 20.5 Å². The molecule has 0 atom stereocenters. The van der Waals surface area contributed by atoms with Gasteiger partial charge in [0.2, 0.25) is 4.77 Å². The summed E-state index contributed by atoms with van der Waals surface area (Å²) in [6, 6.07) is 12.3. The maximum absolute atomic E-state index is 13.7. The van der Waals surface area contributed by atoms with Crippen molar-refractivity contribution in [1.29, 1.82) is 0 Å². The highest BCUT2D eigenvalue weighted by atomic mass is 32.1. The van der Waals surface area contributed by atoms with Gasteiger partial charge in [0.05, 0.1) is 6.21 Å². The molecule has 0 spiro atoms. The lowest BCUT2D eigenvalue weighted by Crippen LogP contribution is -2.05. The highest BCUT2D eigenvalue weighted by Gasteiger charge is 2.08. The van der Waals surface area contributed by atoms with E-state index in [0.717, 1.165) is 11.3 Å². The number of hydrogen-bond donors (Lipinski definition) is 1. The first kappa shape index (κ1) is 17.0. The summed E-state index contributed by atoms with van der Waals surface area (Å²) in [6.45, 7) is 4.20. The summed E-state index contributed by atoms with van der Waals surface area (Å²) < 4.78 is 21.2. The Hall–Kier alpha value is -2.80. The van der Waals surface area contributed by atoms with Gasteiger partial charge in [-0.05, 0) is 43.8 Å². The van der Waals surface area contributed by atoms with Gasteiger partial charge in [0.1, 0.15) is 18.2 Å². The van der Waals surface area contributed by atoms with Gasteiger partial charge in [0.25, 0.3) is 0 Å². The largest absolute Gasteiger partial charge is 0.485 e. The molecule has 128 valence electrons. The van der Waals surface area contributed by atoms with Crippen molar-refractivity contribution < 1.29 is 9.13 Å². The minimum atomic E-state index is -0.352. The molecule has 0 radical (unpaired) electrons. The number of hydrogen-bond acceptors (Lipinski definition) is 4. The second-order valence-corrected chi connectivity index (χ2v) is 5.97. The lowest BCUT2D eigenvalue weighted by molar-refractivity contribution is 0.288. The first-order valence-corrected chi connectivity index (χ1v) is 8.10. The smallest absolute Gasteiger partial charge is 0.216 e. The van der Waals surface area contributed by atoms with Crippen LogP contribution in [-0.4, -0.2) is 21.1 Å². The molecule has 0 saturated carbocycles. The third kappa shape index (κ3) is 4.00. The predicted molar refractivity (Wildman–Crippen MR) is 97.1 cm³/mol. The molecule has 0 aliphatic carbocycles. The summed E-state index contributed by atoms with van der Waals surface area (Å²) in [6.07, 6.45) is 1.40. The fourth-order valence-electron chi connectivity index (χ4n) is 2.34. The average Bonchev–Trinajstić information content (AvgIpc) is 2.93. The summed E-state index contributed by atoms with van der Waals surface area (Å²) in [5, 5.41) is 11.0. The van der Waals surface area contributed by atoms with Crippen LogP contribution in [0.1, 0.15) is 22.5 Å². The molecule has 3 aromatic rings. The first-order valence-electron chi connectivity index (χ1n) is 7.70. The Balaban J connectivity index is 1.80. The number of ether oxygens (including phenoxy) is 1. The molecule has 1 heterocycles. The molecular formula is C18H17FN4OS. The second-order valence-electron chi connectivity index (χ2n) is 5.58. The van der Waals surface area contributed by atoms with Crippen molar-refractivity contribution >= 4 is 18.4 Å². The van der Waals surface area contributed by atoms with Gasteiger partial charge in [0.15, 0.2) is 5.82 Å². The van der Waals surface area contributed by atoms with Crippen molar-refractivity contribution in [1.82, 2.24) is 14.9 Å². The normalized spacial score (nSPS) is 11.2. The summed E-state index contributed by atoms with van der Waals surface area (Å²) in [5.41, 5.74) is 2.57. The molecule has 0 amide bonds. The molecule has 1 N–H and O–H groups in total. The van der Waals surface area contributed by atoms with Crippen LogP contribution in [0.3, 0.4) is 0 Å². The Morgan fingerprint density at radius 3 is 2.84 bits per heavy atom. The molecule has 0 bridgehead atoms. The molecule has 0 saturated heterocycles. The third-order valence-electron chi connectivity index (χ3n) is 3.62. The van der Waals surface area contributed by atoms with Crippen LogP contribution in [0.2, 0.25) is 0 Å². The number of nitrogens with zero attached hydrogens (tertiary/aromatic N) is 3. The van der Waals surface area contributed by atoms with Crippen molar-refractivity contribution in [3.63, 3.8) is 0 Å². The van der Waals surface area contributed by atoms with Gasteiger partial charge in [-0.25, -0.2) is 9.49 Å². The summed E-state index contributed by atoms with van der Waals surface area (Å²) in [4.78, 5) is 0. The van der Waals surface area contributed by atoms with E-state index in [2.05, 4.69) is 15.3 Å². The fraction of sp³-hybridized carbons (Fsp3) is 0.167. The second kappa shape index (κ2) is 7.40. The van der Waals surface area contributed by atoms with Gasteiger partial charge < -0.3 is 4.74 Å². The molecule has 0 aliphatic heterocycles. The van der Waals surface area contributed by atoms with Crippen LogP contribution in [0, 0.1) is 24.4 Å². The number of halogens is 1. The molecular weight excluding hydrogens is 339 g/mol. The minimum absolute atomic E-state index is 0.186. The zero-order valence-corrected chi connectivity index (χ0v) is 14.7. The van der Waals surface area contributed by atoms with Crippen LogP contribution in [0.4, 0.5) is 4.39 Å². The van der Waals surface area contributed by atoms with Crippen LogP contribution in [0.25, 0.3) is 0 Å². The summed E-state index contributed by atoms with van der Waals surface area (Å²) in [7, 11) is 0. The summed E-state index contributed by atoms with van der Waals surface area (Å²) >= 11 is 5.18. The maximum atomic E-state index is 13.7. The van der Waals surface area contributed by atoms with E-state index >= 15 is 0 Å². The van der Waals surface area contributed by atoms with Crippen LogP contribution >= 0.6 is 12.2 Å². The Morgan fingerprint density at radius 2 is 2.08 bits per heavy atom. The van der Waals surface area contributed by atoms with E-state index in [1.807, 2.05) is 32.0 Å². The third-order valence-corrected chi connectivity index (χ3v) is 3.89. The maximum Gasteiger partial charge on any atom is 0.216 e. The molecule has 7 heteroatoms. The molecule has 2 aromatic carbocycles. The molecule has 0 unspecified atom stereocenters. The van der Waals surface area contributed by atoms with Gasteiger partial charge in [-0.15, -0.1) is 0 Å². The van der Waals surface area contributed by atoms with E-state index in [4.69, 9.17) is 17.0 Å². The van der Waals surface area contributed by atoms with Gasteiger partial charge in [-0.3, -0.25) is 0 Å². The zero-order chi connectivity index (χ0) is 17.8. The standard InChI is InChI=1S/C18H17FN4OS/c1-12-7-8-16(13(2)9-12)24-11-17-21-22-18(25)23(17)20-10-14-5-3-4-6-15(14)19/h3-10H,11H2,1-2H3,(H,22,25)/b20-10-. The number of aromatic nitrogens is 3. The van der Waals surface area contributed by atoms with Crippen LogP contribution < -0.4 is 4.74 Å². The number of H-pyrrole nitrogens is 1. The highest BCUT2D eigenvalue weighted by molar-refractivity contribution is 7.71. The number of rotatable bonds is 5. The Bertz CT molecular complexity index is 977. The Kier molecular flexibility index (Phi) is 5.04. The van der Waals surface area contributed by atoms with Crippen LogP contribution in [0.15, 0.2) is 47.6 Å². The average molecular weight is 356 g/mol. The molecule has 5 nitrogen and oxygen atoms in total. The van der Waals surface area contributed by atoms with E-state index in [1.54, 1.807) is 18.2 Å². The van der Waals surface area contributed by atoms with Crippen molar-refractivity contribution in [2.24, 2.45) is 5.10 Å².